The zero-order valence-corrected chi connectivity index (χ0v) is 21.1. The fraction of sp³-hybridized carbons (Fsp3) is 0.382. The van der Waals surface area contributed by atoms with Crippen LogP contribution in [0.2, 0.25) is 0 Å². The van der Waals surface area contributed by atoms with Crippen LogP contribution in [0.1, 0.15) is 84.5 Å². The first-order chi connectivity index (χ1) is 17.1. The molecule has 0 aliphatic heterocycles. The van der Waals surface area contributed by atoms with Crippen molar-refractivity contribution in [1.29, 1.82) is 0 Å². The summed E-state index contributed by atoms with van der Waals surface area (Å²) in [5.41, 5.74) is 10.5. The van der Waals surface area contributed by atoms with Crippen molar-refractivity contribution >= 4 is 11.4 Å². The number of carbonyl (C=O) groups excluding carboxylic acids is 1. The van der Waals surface area contributed by atoms with Gasteiger partial charge in [-0.2, -0.15) is 0 Å². The van der Waals surface area contributed by atoms with Crippen molar-refractivity contribution in [3.05, 3.63) is 112 Å². The van der Waals surface area contributed by atoms with E-state index >= 15 is 0 Å². The number of ketones is 1. The van der Waals surface area contributed by atoms with Crippen LogP contribution in [0.25, 0.3) is 5.57 Å². The lowest BCUT2D eigenvalue weighted by Crippen LogP contribution is -2.17. The summed E-state index contributed by atoms with van der Waals surface area (Å²) < 4.78 is 0. The lowest BCUT2D eigenvalue weighted by atomic mass is 9.74. The minimum absolute atomic E-state index is 0.293. The molecule has 6 rings (SSSR count). The molecule has 2 aromatic carbocycles. The summed E-state index contributed by atoms with van der Waals surface area (Å²) in [5.74, 6) is 3.10. The van der Waals surface area contributed by atoms with Crippen molar-refractivity contribution in [1.82, 2.24) is 0 Å². The molecule has 1 saturated carbocycles. The van der Waals surface area contributed by atoms with E-state index in [4.69, 9.17) is 0 Å². The average Bonchev–Trinajstić information content (AvgIpc) is 3.52. The molecule has 0 aromatic heterocycles. The largest absolute Gasteiger partial charge is 0.294 e. The van der Waals surface area contributed by atoms with Crippen LogP contribution in [-0.4, -0.2) is 5.78 Å². The smallest absolute Gasteiger partial charge is 0.163 e. The van der Waals surface area contributed by atoms with E-state index in [0.29, 0.717) is 18.1 Å². The normalized spacial score (nSPS) is 25.3. The van der Waals surface area contributed by atoms with Crippen LogP contribution in [0.15, 0.2) is 84.0 Å². The van der Waals surface area contributed by atoms with Crippen LogP contribution in [0.3, 0.4) is 0 Å². The van der Waals surface area contributed by atoms with Crippen molar-refractivity contribution in [2.45, 2.75) is 64.7 Å². The molecule has 0 radical (unpaired) electrons. The zero-order valence-electron chi connectivity index (χ0n) is 21.1. The molecule has 2 aromatic rings. The number of allylic oxidation sites excluding steroid dienone is 8. The molecule has 0 N–H and O–H groups in total. The molecular weight excluding hydrogens is 424 g/mol. The lowest BCUT2D eigenvalue weighted by molar-refractivity contribution is 0.0994. The SMILES string of the molecule is CC(C)C1CCC(c2ccc(CC3=CC=C(c4ccc5c(c4)CCC5=O)C4C=CC=C34)cc2)CC1. The van der Waals surface area contributed by atoms with E-state index in [0.717, 1.165) is 36.2 Å². The number of hydrogen-bond donors (Lipinski definition) is 0. The van der Waals surface area contributed by atoms with Gasteiger partial charge >= 0.3 is 0 Å². The van der Waals surface area contributed by atoms with Crippen LogP contribution < -0.4 is 0 Å². The summed E-state index contributed by atoms with van der Waals surface area (Å²) in [6.07, 6.45) is 19.4. The van der Waals surface area contributed by atoms with E-state index in [1.165, 1.54) is 64.7 Å². The molecule has 1 heteroatoms. The Hall–Kier alpha value is -2.93. The van der Waals surface area contributed by atoms with Gasteiger partial charge < -0.3 is 0 Å². The first kappa shape index (κ1) is 22.5. The molecule has 0 bridgehead atoms. The molecule has 35 heavy (non-hydrogen) atoms. The van der Waals surface area contributed by atoms with Gasteiger partial charge in [-0.25, -0.2) is 0 Å². The van der Waals surface area contributed by atoms with E-state index in [1.54, 1.807) is 0 Å². The summed E-state index contributed by atoms with van der Waals surface area (Å²) in [5, 5.41) is 0. The maximum absolute atomic E-state index is 12.1. The first-order valence-electron chi connectivity index (χ1n) is 13.6. The van der Waals surface area contributed by atoms with Gasteiger partial charge in [0.25, 0.3) is 0 Å². The summed E-state index contributed by atoms with van der Waals surface area (Å²) in [4.78, 5) is 12.1. The lowest BCUT2D eigenvalue weighted by Gasteiger charge is -2.31. The highest BCUT2D eigenvalue weighted by molar-refractivity contribution is 6.00. The average molecular weight is 461 g/mol. The van der Waals surface area contributed by atoms with Crippen LogP contribution >= 0.6 is 0 Å². The van der Waals surface area contributed by atoms with E-state index < -0.39 is 0 Å². The summed E-state index contributed by atoms with van der Waals surface area (Å²) >= 11 is 0. The first-order valence-corrected chi connectivity index (χ1v) is 13.6. The van der Waals surface area contributed by atoms with Crippen molar-refractivity contribution in [2.24, 2.45) is 17.8 Å². The molecule has 0 spiro atoms. The number of rotatable bonds is 5. The van der Waals surface area contributed by atoms with Crippen molar-refractivity contribution < 1.29 is 4.79 Å². The van der Waals surface area contributed by atoms with Gasteiger partial charge in [0.05, 0.1) is 0 Å². The number of hydrogen-bond acceptors (Lipinski definition) is 1. The Morgan fingerprint density at radius 2 is 1.66 bits per heavy atom. The summed E-state index contributed by atoms with van der Waals surface area (Å²) in [6, 6.07) is 15.9. The fourth-order valence-electron chi connectivity index (χ4n) is 6.76. The predicted molar refractivity (Wildman–Crippen MR) is 146 cm³/mol. The Morgan fingerprint density at radius 1 is 0.857 bits per heavy atom. The van der Waals surface area contributed by atoms with E-state index in [9.17, 15) is 4.79 Å². The Balaban J connectivity index is 1.18. The third kappa shape index (κ3) is 4.31. The third-order valence-electron chi connectivity index (χ3n) is 9.01. The highest BCUT2D eigenvalue weighted by atomic mass is 16.1. The van der Waals surface area contributed by atoms with Crippen LogP contribution in [0.5, 0.6) is 0 Å². The zero-order chi connectivity index (χ0) is 23.9. The number of aryl methyl sites for hydroxylation is 1. The Bertz CT molecular complexity index is 1260. The van der Waals surface area contributed by atoms with Gasteiger partial charge in [-0.3, -0.25) is 4.79 Å². The third-order valence-corrected chi connectivity index (χ3v) is 9.01. The van der Waals surface area contributed by atoms with Crippen molar-refractivity contribution in [3.63, 3.8) is 0 Å². The molecule has 1 atom stereocenters. The van der Waals surface area contributed by atoms with Gasteiger partial charge in [-0.05, 0) is 95.3 Å². The number of benzene rings is 2. The van der Waals surface area contributed by atoms with Gasteiger partial charge in [0.2, 0.25) is 0 Å². The quantitative estimate of drug-likeness (QED) is 0.437. The number of fused-ring (bicyclic) bond motifs is 2. The Kier molecular flexibility index (Phi) is 5.96. The summed E-state index contributed by atoms with van der Waals surface area (Å²) in [6.45, 7) is 4.76. The van der Waals surface area contributed by atoms with Gasteiger partial charge in [0.1, 0.15) is 0 Å². The standard InChI is InChI=1S/C34H36O/c1-22(2)24-10-12-26(13-11-24)25-8-6-23(7-9-25)20-27-14-17-31(33-5-3-4-30(27)33)28-15-18-32-29(21-28)16-19-34(32)35/h3-9,14-15,17-18,21-22,24,26,33H,10-13,16,19-20H2,1-2H3. The highest BCUT2D eigenvalue weighted by Gasteiger charge is 2.28. The van der Waals surface area contributed by atoms with Crippen LogP contribution in [0, 0.1) is 17.8 Å². The molecule has 4 aliphatic rings. The van der Waals surface area contributed by atoms with Crippen LogP contribution in [0.4, 0.5) is 0 Å². The van der Waals surface area contributed by atoms with Gasteiger partial charge in [-0.1, -0.05) is 86.7 Å². The van der Waals surface area contributed by atoms with Gasteiger partial charge in [-0.15, -0.1) is 0 Å². The molecule has 1 unspecified atom stereocenters. The molecule has 0 amide bonds. The van der Waals surface area contributed by atoms with E-state index in [1.807, 2.05) is 6.07 Å². The number of Topliss-reactive ketones (excluding diaryl/α,β-unsaturated/α-hetero) is 1. The second-order valence-electron chi connectivity index (χ2n) is 11.4. The molecule has 1 nitrogen and oxygen atoms in total. The van der Waals surface area contributed by atoms with E-state index in [-0.39, 0.29) is 0 Å². The van der Waals surface area contributed by atoms with Crippen molar-refractivity contribution in [3.8, 4) is 0 Å². The van der Waals surface area contributed by atoms with E-state index in [2.05, 4.69) is 80.6 Å². The maximum Gasteiger partial charge on any atom is 0.163 e. The minimum atomic E-state index is 0.293. The Labute approximate surface area is 210 Å². The molecule has 1 fully saturated rings. The highest BCUT2D eigenvalue weighted by Crippen LogP contribution is 2.43. The number of carbonyl (C=O) groups is 1. The monoisotopic (exact) mass is 460 g/mol. The maximum atomic E-state index is 12.1. The summed E-state index contributed by atoms with van der Waals surface area (Å²) in [7, 11) is 0. The topological polar surface area (TPSA) is 17.1 Å². The fourth-order valence-corrected chi connectivity index (χ4v) is 6.76. The van der Waals surface area contributed by atoms with Gasteiger partial charge in [0.15, 0.2) is 5.78 Å². The minimum Gasteiger partial charge on any atom is -0.294 e. The Morgan fingerprint density at radius 3 is 2.43 bits per heavy atom. The molecule has 178 valence electrons. The second kappa shape index (κ2) is 9.26. The second-order valence-corrected chi connectivity index (χ2v) is 11.4. The molecule has 0 heterocycles. The molecule has 4 aliphatic carbocycles. The molecular formula is C34H36O. The van der Waals surface area contributed by atoms with Crippen molar-refractivity contribution in [2.75, 3.05) is 0 Å². The van der Waals surface area contributed by atoms with Crippen LogP contribution in [-0.2, 0) is 12.8 Å². The molecule has 0 saturated heterocycles. The predicted octanol–water partition coefficient (Wildman–Crippen LogP) is 8.42. The van der Waals surface area contributed by atoms with Gasteiger partial charge in [0, 0.05) is 17.9 Å².